The molecule has 4 nitrogen and oxygen atoms in total. The molecule has 0 aliphatic carbocycles. The van der Waals surface area contributed by atoms with Crippen LogP contribution in [0, 0.1) is 0 Å². The van der Waals surface area contributed by atoms with Gasteiger partial charge in [-0.1, -0.05) is 31.9 Å². The van der Waals surface area contributed by atoms with Crippen LogP contribution in [-0.2, 0) is 13.0 Å². The topological polar surface area (TPSA) is 54.9 Å². The van der Waals surface area contributed by atoms with Gasteiger partial charge in [-0.3, -0.25) is 14.3 Å². The van der Waals surface area contributed by atoms with Crippen LogP contribution < -0.4 is 11.2 Å². The number of nitrogens with one attached hydrogen (secondary N) is 1. The summed E-state index contributed by atoms with van der Waals surface area (Å²) >= 11 is 5.82. The zero-order chi connectivity index (χ0) is 11.4. The van der Waals surface area contributed by atoms with E-state index in [1.54, 1.807) is 0 Å². The fraction of sp³-hybridized carbons (Fsp3) is 0.600. The predicted octanol–water partition coefficient (Wildman–Crippen LogP) is 1.55. The maximum absolute atomic E-state index is 11.8. The molecule has 1 aromatic rings. The Labute approximate surface area is 92.9 Å². The molecule has 1 aromatic heterocycles. The molecule has 0 bridgehead atoms. The van der Waals surface area contributed by atoms with Crippen molar-refractivity contribution in [3.63, 3.8) is 0 Å². The third-order valence-electron chi connectivity index (χ3n) is 2.18. The molecule has 1 N–H and O–H groups in total. The van der Waals surface area contributed by atoms with Gasteiger partial charge >= 0.3 is 5.69 Å². The minimum atomic E-state index is -0.424. The Morgan fingerprint density at radius 1 is 1.27 bits per heavy atom. The summed E-state index contributed by atoms with van der Waals surface area (Å²) in [6.45, 7) is 4.31. The molecule has 1 heterocycles. The van der Waals surface area contributed by atoms with Gasteiger partial charge in [0.1, 0.15) is 5.15 Å². The third kappa shape index (κ3) is 2.50. The molecule has 0 aliphatic heterocycles. The number of nitrogens with zero attached hydrogens (tertiary/aromatic N) is 1. The van der Waals surface area contributed by atoms with E-state index in [1.807, 2.05) is 13.8 Å². The molecule has 0 atom stereocenters. The van der Waals surface area contributed by atoms with E-state index in [4.69, 9.17) is 11.6 Å². The van der Waals surface area contributed by atoms with Gasteiger partial charge in [0.2, 0.25) is 0 Å². The van der Waals surface area contributed by atoms with Crippen LogP contribution in [0.15, 0.2) is 9.59 Å². The highest BCUT2D eigenvalue weighted by Crippen LogP contribution is 2.07. The second kappa shape index (κ2) is 5.16. The van der Waals surface area contributed by atoms with Gasteiger partial charge in [0.05, 0.1) is 5.56 Å². The number of aromatic nitrogens is 2. The lowest BCUT2D eigenvalue weighted by atomic mass is 10.2. The highest BCUT2D eigenvalue weighted by Gasteiger charge is 2.10. The van der Waals surface area contributed by atoms with Gasteiger partial charge in [0.15, 0.2) is 0 Å². The number of rotatable bonds is 4. The lowest BCUT2D eigenvalue weighted by Crippen LogP contribution is -2.37. The lowest BCUT2D eigenvalue weighted by molar-refractivity contribution is 0.605. The predicted molar refractivity (Wildman–Crippen MR) is 60.6 cm³/mol. The van der Waals surface area contributed by atoms with Gasteiger partial charge in [-0.25, -0.2) is 4.79 Å². The van der Waals surface area contributed by atoms with E-state index in [9.17, 15) is 9.59 Å². The Kier molecular flexibility index (Phi) is 4.15. The Bertz CT molecular complexity index is 448. The molecule has 1 rings (SSSR count). The Balaban J connectivity index is 3.36. The number of H-pyrrole nitrogens is 1. The highest BCUT2D eigenvalue weighted by molar-refractivity contribution is 6.30. The molecule has 0 unspecified atom stereocenters. The molecule has 0 amide bonds. The van der Waals surface area contributed by atoms with Crippen molar-refractivity contribution >= 4 is 11.6 Å². The Morgan fingerprint density at radius 3 is 2.47 bits per heavy atom. The van der Waals surface area contributed by atoms with Gasteiger partial charge in [0.25, 0.3) is 5.56 Å². The normalized spacial score (nSPS) is 10.6. The first kappa shape index (κ1) is 12.0. The van der Waals surface area contributed by atoms with Crippen LogP contribution in [0.3, 0.4) is 0 Å². The van der Waals surface area contributed by atoms with E-state index in [1.165, 1.54) is 4.57 Å². The third-order valence-corrected chi connectivity index (χ3v) is 2.50. The SMILES string of the molecule is CCCc1c(Cl)[nH]c(=O)n(CCC)c1=O. The zero-order valence-corrected chi connectivity index (χ0v) is 9.73. The van der Waals surface area contributed by atoms with E-state index in [2.05, 4.69) is 4.98 Å². The molecule has 0 spiro atoms. The minimum Gasteiger partial charge on any atom is -0.297 e. The van der Waals surface area contributed by atoms with E-state index in [0.29, 0.717) is 18.5 Å². The molecule has 0 aromatic carbocycles. The van der Waals surface area contributed by atoms with Crippen LogP contribution in [0.5, 0.6) is 0 Å². The second-order valence-electron chi connectivity index (χ2n) is 3.43. The van der Waals surface area contributed by atoms with Crippen LogP contribution >= 0.6 is 11.6 Å². The van der Waals surface area contributed by atoms with Crippen molar-refractivity contribution < 1.29 is 0 Å². The minimum absolute atomic E-state index is 0.180. The smallest absolute Gasteiger partial charge is 0.297 e. The van der Waals surface area contributed by atoms with Crippen molar-refractivity contribution in [1.29, 1.82) is 0 Å². The fourth-order valence-corrected chi connectivity index (χ4v) is 1.74. The van der Waals surface area contributed by atoms with Crippen molar-refractivity contribution in [2.45, 2.75) is 39.7 Å². The molecule has 0 fully saturated rings. The van der Waals surface area contributed by atoms with Gasteiger partial charge in [0, 0.05) is 6.54 Å². The van der Waals surface area contributed by atoms with Crippen molar-refractivity contribution in [2.24, 2.45) is 0 Å². The fourth-order valence-electron chi connectivity index (χ4n) is 1.48. The first-order valence-corrected chi connectivity index (χ1v) is 5.51. The van der Waals surface area contributed by atoms with E-state index >= 15 is 0 Å². The zero-order valence-electron chi connectivity index (χ0n) is 8.97. The van der Waals surface area contributed by atoms with E-state index < -0.39 is 5.69 Å². The van der Waals surface area contributed by atoms with Crippen LogP contribution in [0.4, 0.5) is 0 Å². The molecule has 0 aliphatic rings. The van der Waals surface area contributed by atoms with Crippen LogP contribution in [0.1, 0.15) is 32.3 Å². The van der Waals surface area contributed by atoms with Crippen LogP contribution in [0.2, 0.25) is 5.15 Å². The quantitative estimate of drug-likeness (QED) is 0.798. The lowest BCUT2D eigenvalue weighted by Gasteiger charge is -2.06. The summed E-state index contributed by atoms with van der Waals surface area (Å²) in [5.74, 6) is 0. The first-order chi connectivity index (χ1) is 7.11. The van der Waals surface area contributed by atoms with Gasteiger partial charge in [-0.2, -0.15) is 0 Å². The summed E-state index contributed by atoms with van der Waals surface area (Å²) in [4.78, 5) is 25.8. The Hall–Kier alpha value is -1.03. The highest BCUT2D eigenvalue weighted by atomic mass is 35.5. The number of halogens is 1. The molecular formula is C10H15ClN2O2. The summed E-state index contributed by atoms with van der Waals surface area (Å²) in [5, 5.41) is 0.180. The molecule has 0 radical (unpaired) electrons. The van der Waals surface area contributed by atoms with Crippen molar-refractivity contribution in [3.05, 3.63) is 31.6 Å². The van der Waals surface area contributed by atoms with Gasteiger partial charge in [-0.15, -0.1) is 0 Å². The summed E-state index contributed by atoms with van der Waals surface area (Å²) in [6.07, 6.45) is 2.17. The summed E-state index contributed by atoms with van der Waals surface area (Å²) in [6, 6.07) is 0. The molecule has 0 saturated heterocycles. The van der Waals surface area contributed by atoms with E-state index in [0.717, 1.165) is 12.8 Å². The standard InChI is InChI=1S/C10H15ClN2O2/c1-3-5-7-8(11)12-10(15)13(6-4-2)9(7)14/h3-6H2,1-2H3,(H,12,15). The number of hydrogen-bond donors (Lipinski definition) is 1. The summed E-state index contributed by atoms with van der Waals surface area (Å²) in [5.41, 5.74) is -0.175. The van der Waals surface area contributed by atoms with Gasteiger partial charge < -0.3 is 0 Å². The van der Waals surface area contributed by atoms with E-state index in [-0.39, 0.29) is 10.7 Å². The maximum Gasteiger partial charge on any atom is 0.329 e. The largest absolute Gasteiger partial charge is 0.329 e. The van der Waals surface area contributed by atoms with Crippen LogP contribution in [0.25, 0.3) is 0 Å². The molecule has 84 valence electrons. The maximum atomic E-state index is 11.8. The first-order valence-electron chi connectivity index (χ1n) is 5.13. The van der Waals surface area contributed by atoms with Crippen LogP contribution in [-0.4, -0.2) is 9.55 Å². The summed E-state index contributed by atoms with van der Waals surface area (Å²) in [7, 11) is 0. The second-order valence-corrected chi connectivity index (χ2v) is 3.81. The average Bonchev–Trinajstić information content (AvgIpc) is 2.19. The monoisotopic (exact) mass is 230 g/mol. The number of hydrogen-bond acceptors (Lipinski definition) is 2. The van der Waals surface area contributed by atoms with Crippen molar-refractivity contribution in [1.82, 2.24) is 9.55 Å². The molecule has 0 saturated carbocycles. The van der Waals surface area contributed by atoms with Gasteiger partial charge in [-0.05, 0) is 12.8 Å². The van der Waals surface area contributed by atoms with Crippen molar-refractivity contribution in [2.75, 3.05) is 0 Å². The molecule has 5 heteroatoms. The number of aromatic amines is 1. The van der Waals surface area contributed by atoms with Crippen molar-refractivity contribution in [3.8, 4) is 0 Å². The molecule has 15 heavy (non-hydrogen) atoms. The average molecular weight is 231 g/mol. The Morgan fingerprint density at radius 2 is 1.93 bits per heavy atom. The summed E-state index contributed by atoms with van der Waals surface area (Å²) < 4.78 is 1.21. The molecular weight excluding hydrogens is 216 g/mol.